The van der Waals surface area contributed by atoms with Crippen molar-refractivity contribution in [2.24, 2.45) is 5.92 Å². The summed E-state index contributed by atoms with van der Waals surface area (Å²) < 4.78 is 0. The van der Waals surface area contributed by atoms with Crippen molar-refractivity contribution >= 4 is 11.6 Å². The number of hydrogen-bond donors (Lipinski definition) is 2. The van der Waals surface area contributed by atoms with Gasteiger partial charge in [-0.15, -0.1) is 0 Å². The lowest BCUT2D eigenvalue weighted by atomic mass is 9.93. The van der Waals surface area contributed by atoms with Crippen molar-refractivity contribution in [2.45, 2.75) is 32.7 Å². The van der Waals surface area contributed by atoms with Crippen molar-refractivity contribution < 1.29 is 4.79 Å². The quantitative estimate of drug-likeness (QED) is 0.735. The van der Waals surface area contributed by atoms with Gasteiger partial charge in [0.15, 0.2) is 0 Å². The highest BCUT2D eigenvalue weighted by Gasteiger charge is 2.20. The van der Waals surface area contributed by atoms with Crippen molar-refractivity contribution in [3.8, 4) is 0 Å². The van der Waals surface area contributed by atoms with E-state index in [-0.39, 0.29) is 5.91 Å². The molecular formula is C17H29N3O. The predicted octanol–water partition coefficient (Wildman–Crippen LogP) is 2.58. The summed E-state index contributed by atoms with van der Waals surface area (Å²) in [6, 6.07) is 10.2. The highest BCUT2D eigenvalue weighted by molar-refractivity contribution is 5.80. The van der Waals surface area contributed by atoms with Crippen molar-refractivity contribution in [3.63, 3.8) is 0 Å². The minimum Gasteiger partial charge on any atom is -0.376 e. The summed E-state index contributed by atoms with van der Waals surface area (Å²) in [7, 11) is 4.16. The number of amides is 1. The largest absolute Gasteiger partial charge is 0.376 e. The van der Waals surface area contributed by atoms with Crippen LogP contribution in [-0.4, -0.2) is 44.0 Å². The molecular weight excluding hydrogens is 262 g/mol. The van der Waals surface area contributed by atoms with Crippen molar-refractivity contribution in [2.75, 3.05) is 32.5 Å². The molecule has 1 aromatic rings. The molecule has 0 aromatic heterocycles. The molecule has 4 nitrogen and oxygen atoms in total. The first-order chi connectivity index (χ1) is 10.1. The summed E-state index contributed by atoms with van der Waals surface area (Å²) in [5.41, 5.74) is 0.969. The van der Waals surface area contributed by atoms with Gasteiger partial charge in [-0.1, -0.05) is 44.9 Å². The van der Waals surface area contributed by atoms with Crippen LogP contribution in [0.2, 0.25) is 0 Å². The van der Waals surface area contributed by atoms with Crippen LogP contribution in [0.1, 0.15) is 26.7 Å². The number of benzene rings is 1. The van der Waals surface area contributed by atoms with Crippen LogP contribution in [-0.2, 0) is 4.79 Å². The third-order valence-electron chi connectivity index (χ3n) is 3.99. The molecule has 1 aromatic carbocycles. The van der Waals surface area contributed by atoms with Crippen LogP contribution in [0.15, 0.2) is 30.3 Å². The van der Waals surface area contributed by atoms with E-state index in [1.54, 1.807) is 0 Å². The number of para-hydroxylation sites is 1. The van der Waals surface area contributed by atoms with Crippen LogP contribution in [0.5, 0.6) is 0 Å². The van der Waals surface area contributed by atoms with E-state index >= 15 is 0 Å². The van der Waals surface area contributed by atoms with E-state index in [2.05, 4.69) is 43.5 Å². The highest BCUT2D eigenvalue weighted by atomic mass is 16.1. The maximum absolute atomic E-state index is 12.0. The van der Waals surface area contributed by atoms with E-state index in [9.17, 15) is 4.79 Å². The Kier molecular flexibility index (Phi) is 7.83. The van der Waals surface area contributed by atoms with Gasteiger partial charge in [0.2, 0.25) is 5.91 Å². The Labute approximate surface area is 128 Å². The Hall–Kier alpha value is -1.55. The molecule has 0 saturated heterocycles. The third kappa shape index (κ3) is 6.17. The smallest absolute Gasteiger partial charge is 0.239 e. The molecule has 0 heterocycles. The van der Waals surface area contributed by atoms with E-state index < -0.39 is 0 Å². The predicted molar refractivity (Wildman–Crippen MR) is 89.5 cm³/mol. The molecule has 0 aliphatic rings. The minimum atomic E-state index is 0.0386. The Morgan fingerprint density at radius 1 is 1.14 bits per heavy atom. The normalized spacial score (nSPS) is 12.5. The van der Waals surface area contributed by atoms with Gasteiger partial charge in [-0.2, -0.15) is 0 Å². The molecule has 1 atom stereocenters. The van der Waals surface area contributed by atoms with E-state index in [4.69, 9.17) is 0 Å². The fourth-order valence-electron chi connectivity index (χ4n) is 2.62. The summed E-state index contributed by atoms with van der Waals surface area (Å²) in [6.07, 6.45) is 2.27. The summed E-state index contributed by atoms with van der Waals surface area (Å²) >= 11 is 0. The zero-order chi connectivity index (χ0) is 15.7. The number of hydrogen-bond acceptors (Lipinski definition) is 3. The van der Waals surface area contributed by atoms with E-state index in [0.29, 0.717) is 25.0 Å². The van der Waals surface area contributed by atoms with Gasteiger partial charge in [-0.3, -0.25) is 4.79 Å². The topological polar surface area (TPSA) is 44.4 Å². The van der Waals surface area contributed by atoms with Crippen LogP contribution in [0.3, 0.4) is 0 Å². The van der Waals surface area contributed by atoms with Gasteiger partial charge in [0.25, 0.3) is 0 Å². The molecule has 0 spiro atoms. The highest BCUT2D eigenvalue weighted by Crippen LogP contribution is 2.16. The van der Waals surface area contributed by atoms with Gasteiger partial charge < -0.3 is 15.5 Å². The standard InChI is InChI=1S/C17H29N3O/c1-5-14(6-2)16(20(3)4)12-19-17(21)13-18-15-10-8-7-9-11-15/h7-11,14,16,18H,5-6,12-13H2,1-4H3,(H,19,21). The first kappa shape index (κ1) is 17.5. The van der Waals surface area contributed by atoms with E-state index in [1.807, 2.05) is 30.3 Å². The van der Waals surface area contributed by atoms with Crippen LogP contribution in [0.25, 0.3) is 0 Å². The van der Waals surface area contributed by atoms with Gasteiger partial charge in [0, 0.05) is 18.3 Å². The Morgan fingerprint density at radius 3 is 2.29 bits per heavy atom. The summed E-state index contributed by atoms with van der Waals surface area (Å²) in [5, 5.41) is 6.17. The zero-order valence-corrected chi connectivity index (χ0v) is 13.7. The van der Waals surface area contributed by atoms with Gasteiger partial charge in [0.05, 0.1) is 6.54 Å². The average molecular weight is 291 g/mol. The molecule has 1 amide bonds. The fourth-order valence-corrected chi connectivity index (χ4v) is 2.62. The zero-order valence-electron chi connectivity index (χ0n) is 13.7. The summed E-state index contributed by atoms with van der Waals surface area (Å²) in [5.74, 6) is 0.652. The molecule has 0 aliphatic heterocycles. The molecule has 21 heavy (non-hydrogen) atoms. The number of likely N-dealkylation sites (N-methyl/N-ethyl adjacent to an activating group) is 1. The second-order valence-corrected chi connectivity index (χ2v) is 5.63. The lowest BCUT2D eigenvalue weighted by molar-refractivity contribution is -0.119. The van der Waals surface area contributed by atoms with Gasteiger partial charge in [-0.25, -0.2) is 0 Å². The first-order valence-electron chi connectivity index (χ1n) is 7.80. The van der Waals surface area contributed by atoms with Crippen LogP contribution in [0.4, 0.5) is 5.69 Å². The lowest BCUT2D eigenvalue weighted by Crippen LogP contribution is -2.45. The third-order valence-corrected chi connectivity index (χ3v) is 3.99. The van der Waals surface area contributed by atoms with E-state index in [0.717, 1.165) is 18.5 Å². The second-order valence-electron chi connectivity index (χ2n) is 5.63. The molecule has 0 saturated carbocycles. The van der Waals surface area contributed by atoms with Crippen LogP contribution >= 0.6 is 0 Å². The Morgan fingerprint density at radius 2 is 1.76 bits per heavy atom. The molecule has 0 aliphatic carbocycles. The number of anilines is 1. The Bertz CT molecular complexity index is 402. The molecule has 0 bridgehead atoms. The molecule has 1 unspecified atom stereocenters. The fraction of sp³-hybridized carbons (Fsp3) is 0.588. The summed E-state index contributed by atoms with van der Waals surface area (Å²) in [6.45, 7) is 5.44. The SMILES string of the molecule is CCC(CC)C(CNC(=O)CNc1ccccc1)N(C)C. The summed E-state index contributed by atoms with van der Waals surface area (Å²) in [4.78, 5) is 14.2. The van der Waals surface area contributed by atoms with E-state index in [1.165, 1.54) is 0 Å². The van der Waals surface area contributed by atoms with Crippen LogP contribution < -0.4 is 10.6 Å². The number of nitrogens with zero attached hydrogens (tertiary/aromatic N) is 1. The van der Waals surface area contributed by atoms with Crippen molar-refractivity contribution in [3.05, 3.63) is 30.3 Å². The van der Waals surface area contributed by atoms with Gasteiger partial charge in [-0.05, 0) is 32.1 Å². The van der Waals surface area contributed by atoms with Crippen molar-refractivity contribution in [1.82, 2.24) is 10.2 Å². The number of carbonyl (C=O) groups is 1. The Balaban J connectivity index is 2.39. The monoisotopic (exact) mass is 291 g/mol. The van der Waals surface area contributed by atoms with Crippen molar-refractivity contribution in [1.29, 1.82) is 0 Å². The molecule has 118 valence electrons. The minimum absolute atomic E-state index is 0.0386. The molecule has 4 heteroatoms. The molecule has 1 rings (SSSR count). The number of carbonyl (C=O) groups excluding carboxylic acids is 1. The molecule has 2 N–H and O–H groups in total. The first-order valence-corrected chi connectivity index (χ1v) is 7.80. The van der Waals surface area contributed by atoms with Gasteiger partial charge in [0.1, 0.15) is 0 Å². The molecule has 0 fully saturated rings. The maximum Gasteiger partial charge on any atom is 0.239 e. The number of rotatable bonds is 9. The van der Waals surface area contributed by atoms with Crippen LogP contribution in [0, 0.1) is 5.92 Å². The van der Waals surface area contributed by atoms with Gasteiger partial charge >= 0.3 is 0 Å². The number of nitrogens with one attached hydrogen (secondary N) is 2. The maximum atomic E-state index is 12.0. The second kappa shape index (κ2) is 9.40. The lowest BCUT2D eigenvalue weighted by Gasteiger charge is -2.31. The molecule has 0 radical (unpaired) electrons. The average Bonchev–Trinajstić information content (AvgIpc) is 2.50.